The summed E-state index contributed by atoms with van der Waals surface area (Å²) in [5.41, 5.74) is 0.568. The molecule has 0 aromatic heterocycles. The van der Waals surface area contributed by atoms with Gasteiger partial charge < -0.3 is 9.64 Å². The number of amides is 2. The Hall–Kier alpha value is -2.11. The number of hydrogen-bond acceptors (Lipinski definition) is 3. The minimum atomic E-state index is -0.728. The van der Waals surface area contributed by atoms with E-state index in [1.165, 1.54) is 38.1 Å². The Bertz CT molecular complexity index is 448. The summed E-state index contributed by atoms with van der Waals surface area (Å²) in [6.45, 7) is 1.37. The molecule has 17 heavy (non-hydrogen) atoms. The Kier molecular flexibility index (Phi) is 4.03. The highest BCUT2D eigenvalue weighted by Crippen LogP contribution is 2.26. The van der Waals surface area contributed by atoms with E-state index in [9.17, 15) is 14.0 Å². The van der Waals surface area contributed by atoms with Crippen molar-refractivity contribution in [2.24, 2.45) is 0 Å². The van der Waals surface area contributed by atoms with Crippen LogP contribution in [0.1, 0.15) is 6.92 Å². The second-order valence-electron chi connectivity index (χ2n) is 3.36. The molecule has 0 aliphatic rings. The van der Waals surface area contributed by atoms with E-state index in [0.717, 1.165) is 6.07 Å². The summed E-state index contributed by atoms with van der Waals surface area (Å²) >= 11 is 0. The molecule has 2 amide bonds. The third kappa shape index (κ3) is 3.17. The van der Waals surface area contributed by atoms with Crippen LogP contribution >= 0.6 is 0 Å². The Morgan fingerprint density at radius 2 is 2.06 bits per heavy atom. The van der Waals surface area contributed by atoms with Crippen LogP contribution in [0.3, 0.4) is 0 Å². The first-order valence-corrected chi connectivity index (χ1v) is 4.84. The van der Waals surface area contributed by atoms with Gasteiger partial charge in [0, 0.05) is 14.0 Å². The number of carbonyl (C=O) groups is 2. The molecule has 6 heteroatoms. The molecule has 1 N–H and O–H groups in total. The number of halogens is 1. The highest BCUT2D eigenvalue weighted by molar-refractivity contribution is 5.98. The van der Waals surface area contributed by atoms with Gasteiger partial charge in [-0.05, 0) is 18.2 Å². The molecular formula is C11H13FN2O3. The van der Waals surface area contributed by atoms with Gasteiger partial charge in [-0.25, -0.2) is 9.18 Å². The molecule has 1 rings (SSSR count). The van der Waals surface area contributed by atoms with E-state index in [4.69, 9.17) is 0 Å². The minimum absolute atomic E-state index is 0.176. The molecular weight excluding hydrogens is 227 g/mol. The van der Waals surface area contributed by atoms with E-state index in [0.29, 0.717) is 5.69 Å². The molecule has 0 heterocycles. The van der Waals surface area contributed by atoms with Gasteiger partial charge in [0.1, 0.15) is 5.82 Å². The van der Waals surface area contributed by atoms with Crippen LogP contribution < -0.4 is 10.2 Å². The van der Waals surface area contributed by atoms with Gasteiger partial charge in [-0.3, -0.25) is 10.1 Å². The second kappa shape index (κ2) is 5.29. The molecule has 0 aliphatic heterocycles. The van der Waals surface area contributed by atoms with Crippen LogP contribution in [0.2, 0.25) is 0 Å². The maximum Gasteiger partial charge on any atom is 0.411 e. The molecule has 92 valence electrons. The lowest BCUT2D eigenvalue weighted by Gasteiger charge is -2.19. The summed E-state index contributed by atoms with van der Waals surface area (Å²) in [7, 11) is 2.72. The fourth-order valence-electron chi connectivity index (χ4n) is 1.23. The number of methoxy groups -OCH3 is 1. The first-order chi connectivity index (χ1) is 7.95. The zero-order valence-corrected chi connectivity index (χ0v) is 9.78. The second-order valence-corrected chi connectivity index (χ2v) is 3.36. The van der Waals surface area contributed by atoms with Crippen LogP contribution in [0.4, 0.5) is 20.6 Å². The van der Waals surface area contributed by atoms with Gasteiger partial charge in [0.05, 0.1) is 18.5 Å². The number of hydrogen-bond donors (Lipinski definition) is 1. The quantitative estimate of drug-likeness (QED) is 0.859. The molecule has 0 saturated heterocycles. The van der Waals surface area contributed by atoms with Gasteiger partial charge in [0.25, 0.3) is 0 Å². The van der Waals surface area contributed by atoms with Crippen LogP contribution in [0.5, 0.6) is 0 Å². The van der Waals surface area contributed by atoms with Crippen molar-refractivity contribution in [3.05, 3.63) is 24.0 Å². The summed E-state index contributed by atoms with van der Waals surface area (Å²) in [6.07, 6.45) is -0.728. The first-order valence-electron chi connectivity index (χ1n) is 4.84. The van der Waals surface area contributed by atoms with Crippen molar-refractivity contribution < 1.29 is 18.7 Å². The van der Waals surface area contributed by atoms with Gasteiger partial charge >= 0.3 is 6.09 Å². The predicted molar refractivity (Wildman–Crippen MR) is 61.5 cm³/mol. The smallest absolute Gasteiger partial charge is 0.411 e. The molecule has 0 fully saturated rings. The van der Waals surface area contributed by atoms with E-state index in [-0.39, 0.29) is 11.6 Å². The van der Waals surface area contributed by atoms with Crippen molar-refractivity contribution >= 4 is 23.4 Å². The fraction of sp³-hybridized carbons (Fsp3) is 0.273. The first kappa shape index (κ1) is 13.0. The lowest BCUT2D eigenvalue weighted by Crippen LogP contribution is -2.25. The Morgan fingerprint density at radius 3 is 2.59 bits per heavy atom. The largest absolute Gasteiger partial charge is 0.453 e. The van der Waals surface area contributed by atoms with Crippen molar-refractivity contribution in [1.82, 2.24) is 0 Å². The maximum absolute atomic E-state index is 13.1. The van der Waals surface area contributed by atoms with Crippen LogP contribution in [0.25, 0.3) is 0 Å². The van der Waals surface area contributed by atoms with Crippen LogP contribution in [0, 0.1) is 5.82 Å². The average Bonchev–Trinajstić information content (AvgIpc) is 2.28. The van der Waals surface area contributed by atoms with Crippen LogP contribution in [0.15, 0.2) is 18.2 Å². The number of nitrogens with one attached hydrogen (secondary N) is 1. The van der Waals surface area contributed by atoms with Crippen molar-refractivity contribution in [1.29, 1.82) is 0 Å². The topological polar surface area (TPSA) is 58.6 Å². The maximum atomic E-state index is 13.1. The van der Waals surface area contributed by atoms with E-state index in [1.54, 1.807) is 0 Å². The Balaban J connectivity index is 3.11. The molecule has 1 aromatic carbocycles. The van der Waals surface area contributed by atoms with Gasteiger partial charge in [-0.2, -0.15) is 0 Å². The number of benzene rings is 1. The number of rotatable bonds is 2. The third-order valence-corrected chi connectivity index (χ3v) is 2.21. The molecule has 5 nitrogen and oxygen atoms in total. The van der Waals surface area contributed by atoms with Gasteiger partial charge in [0.2, 0.25) is 5.91 Å². The van der Waals surface area contributed by atoms with Crippen molar-refractivity contribution in [2.75, 3.05) is 24.4 Å². The monoisotopic (exact) mass is 240 g/mol. The van der Waals surface area contributed by atoms with Crippen molar-refractivity contribution in [3.8, 4) is 0 Å². The van der Waals surface area contributed by atoms with Crippen LogP contribution in [-0.2, 0) is 9.53 Å². The highest BCUT2D eigenvalue weighted by atomic mass is 19.1. The van der Waals surface area contributed by atoms with Crippen molar-refractivity contribution in [3.63, 3.8) is 0 Å². The van der Waals surface area contributed by atoms with E-state index in [1.807, 2.05) is 0 Å². The normalized spacial score (nSPS) is 9.65. The van der Waals surface area contributed by atoms with E-state index < -0.39 is 11.9 Å². The van der Waals surface area contributed by atoms with Gasteiger partial charge in [-0.1, -0.05) is 0 Å². The molecule has 1 aromatic rings. The zero-order valence-electron chi connectivity index (χ0n) is 9.78. The molecule has 0 bridgehead atoms. The standard InChI is InChI=1S/C11H13FN2O3/c1-7(15)14(2)10-5-4-8(12)6-9(10)13-11(16)17-3/h4-6H,1-3H3,(H,13,16). The summed E-state index contributed by atoms with van der Waals surface area (Å²) in [6, 6.07) is 3.73. The summed E-state index contributed by atoms with van der Waals surface area (Å²) < 4.78 is 17.5. The Morgan fingerprint density at radius 1 is 1.41 bits per heavy atom. The van der Waals surface area contributed by atoms with Crippen LogP contribution in [-0.4, -0.2) is 26.2 Å². The lowest BCUT2D eigenvalue weighted by molar-refractivity contribution is -0.116. The molecule has 0 radical (unpaired) electrons. The predicted octanol–water partition coefficient (Wildman–Crippen LogP) is 1.99. The number of nitrogens with zero attached hydrogens (tertiary/aromatic N) is 1. The van der Waals surface area contributed by atoms with E-state index in [2.05, 4.69) is 10.1 Å². The number of ether oxygens (including phenoxy) is 1. The molecule has 0 spiro atoms. The lowest BCUT2D eigenvalue weighted by atomic mass is 10.2. The zero-order chi connectivity index (χ0) is 13.0. The summed E-state index contributed by atoms with van der Waals surface area (Å²) in [4.78, 5) is 23.6. The minimum Gasteiger partial charge on any atom is -0.453 e. The molecule has 0 unspecified atom stereocenters. The summed E-state index contributed by atoms with van der Waals surface area (Å²) in [5.74, 6) is -0.748. The highest BCUT2D eigenvalue weighted by Gasteiger charge is 2.13. The molecule has 0 atom stereocenters. The number of anilines is 2. The van der Waals surface area contributed by atoms with Crippen molar-refractivity contribution in [2.45, 2.75) is 6.92 Å². The van der Waals surface area contributed by atoms with Gasteiger partial charge in [0.15, 0.2) is 0 Å². The molecule has 0 saturated carbocycles. The molecule has 0 aliphatic carbocycles. The summed E-state index contributed by atoms with van der Waals surface area (Å²) in [5, 5.41) is 2.34. The van der Waals surface area contributed by atoms with Gasteiger partial charge in [-0.15, -0.1) is 0 Å². The SMILES string of the molecule is COC(=O)Nc1cc(F)ccc1N(C)C(C)=O. The fourth-order valence-corrected chi connectivity index (χ4v) is 1.23. The average molecular weight is 240 g/mol. The number of carbonyl (C=O) groups excluding carboxylic acids is 2. The Labute approximate surface area is 98.2 Å². The van der Waals surface area contributed by atoms with E-state index >= 15 is 0 Å². The third-order valence-electron chi connectivity index (χ3n) is 2.21.